The molecule has 1 saturated carbocycles. The lowest BCUT2D eigenvalue weighted by Crippen LogP contribution is -2.46. The molecule has 1 unspecified atom stereocenters. The second kappa shape index (κ2) is 7.51. The van der Waals surface area contributed by atoms with E-state index in [0.29, 0.717) is 6.04 Å². The number of phenolic OH excluding ortho intramolecular Hbond substituents is 1. The largest absolute Gasteiger partial charge is 0.508 e. The molecule has 2 nitrogen and oxygen atoms in total. The summed E-state index contributed by atoms with van der Waals surface area (Å²) in [5, 5.41) is 9.55. The van der Waals surface area contributed by atoms with Gasteiger partial charge in [-0.05, 0) is 73.2 Å². The molecule has 2 aromatic rings. The van der Waals surface area contributed by atoms with Gasteiger partial charge in [0.05, 0.1) is 0 Å². The Hall–Kier alpha value is -2.32. The van der Waals surface area contributed by atoms with Crippen LogP contribution >= 0.6 is 0 Å². The first-order valence-corrected chi connectivity index (χ1v) is 9.74. The van der Waals surface area contributed by atoms with E-state index in [1.165, 1.54) is 56.3 Å². The summed E-state index contributed by atoms with van der Waals surface area (Å²) in [6.45, 7) is 6.85. The molecule has 1 aliphatic carbocycles. The third kappa shape index (κ3) is 3.47. The van der Waals surface area contributed by atoms with Crippen LogP contribution in [-0.2, 0) is 0 Å². The fourth-order valence-corrected chi connectivity index (χ4v) is 4.17. The van der Waals surface area contributed by atoms with Crippen LogP contribution in [0.2, 0.25) is 0 Å². The highest BCUT2D eigenvalue weighted by Crippen LogP contribution is 2.34. The minimum Gasteiger partial charge on any atom is -0.508 e. The number of hydrogen-bond donors (Lipinski definition) is 1. The van der Waals surface area contributed by atoms with Gasteiger partial charge in [-0.1, -0.05) is 61.0 Å². The van der Waals surface area contributed by atoms with Gasteiger partial charge in [0, 0.05) is 6.04 Å². The minimum atomic E-state index is 0.288. The Morgan fingerprint density at radius 3 is 2.50 bits per heavy atom. The van der Waals surface area contributed by atoms with Crippen LogP contribution in [-0.4, -0.2) is 29.1 Å². The lowest BCUT2D eigenvalue weighted by Gasteiger charge is -2.42. The molecule has 0 bridgehead atoms. The van der Waals surface area contributed by atoms with Crippen molar-refractivity contribution in [3.63, 3.8) is 0 Å². The molecular weight excluding hydrogens is 318 g/mol. The highest BCUT2D eigenvalue weighted by atomic mass is 16.3. The van der Waals surface area contributed by atoms with Gasteiger partial charge in [0.15, 0.2) is 0 Å². The summed E-state index contributed by atoms with van der Waals surface area (Å²) in [7, 11) is 0. The van der Waals surface area contributed by atoms with Gasteiger partial charge in [0.1, 0.15) is 5.75 Å². The van der Waals surface area contributed by atoms with Crippen molar-refractivity contribution in [2.45, 2.75) is 38.1 Å². The molecule has 1 aliphatic heterocycles. The van der Waals surface area contributed by atoms with Crippen LogP contribution in [0.25, 0.3) is 11.6 Å². The first kappa shape index (κ1) is 17.1. The lowest BCUT2D eigenvalue weighted by atomic mass is 9.85. The van der Waals surface area contributed by atoms with Gasteiger partial charge in [0.25, 0.3) is 0 Å². The molecule has 1 heterocycles. The van der Waals surface area contributed by atoms with Crippen LogP contribution in [0.15, 0.2) is 60.7 Å². The smallest absolute Gasteiger partial charge is 0.115 e. The van der Waals surface area contributed by atoms with Crippen molar-refractivity contribution in [3.8, 4) is 5.75 Å². The van der Waals surface area contributed by atoms with Crippen molar-refractivity contribution in [2.75, 3.05) is 13.1 Å². The van der Waals surface area contributed by atoms with Crippen molar-refractivity contribution in [1.29, 1.82) is 0 Å². The Kier molecular flexibility index (Phi) is 4.94. The van der Waals surface area contributed by atoms with E-state index < -0.39 is 0 Å². The van der Waals surface area contributed by atoms with Crippen LogP contribution in [0.4, 0.5) is 0 Å². The molecule has 4 rings (SSSR count). The molecule has 0 radical (unpaired) electrons. The summed E-state index contributed by atoms with van der Waals surface area (Å²) in [6, 6.07) is 16.5. The van der Waals surface area contributed by atoms with E-state index >= 15 is 0 Å². The Morgan fingerprint density at radius 2 is 1.77 bits per heavy atom. The number of phenols is 1. The normalized spacial score (nSPS) is 22.2. The first-order valence-electron chi connectivity index (χ1n) is 9.74. The molecule has 2 fully saturated rings. The standard InChI is InChI=1S/C24H27NO/c1-18(19-11-13-22(26)14-12-19)23-9-4-2-7-20(23)17-21-8-3-5-10-24(21)25-15-6-16-25/h2,4,7,9,11-14,17,24,26H,1,3,5-6,8,10,15-16H2. The van der Waals surface area contributed by atoms with Gasteiger partial charge in [-0.3, -0.25) is 4.90 Å². The Balaban J connectivity index is 1.66. The fourth-order valence-electron chi connectivity index (χ4n) is 4.17. The number of rotatable bonds is 4. The molecule has 134 valence electrons. The quantitative estimate of drug-likeness (QED) is 0.792. The number of nitrogens with zero attached hydrogens (tertiary/aromatic N) is 1. The molecule has 0 amide bonds. The molecule has 2 heteroatoms. The van der Waals surface area contributed by atoms with Crippen molar-refractivity contribution in [3.05, 3.63) is 77.4 Å². The third-order valence-corrected chi connectivity index (χ3v) is 5.80. The van der Waals surface area contributed by atoms with Crippen LogP contribution in [0.5, 0.6) is 5.75 Å². The predicted octanol–water partition coefficient (Wildman–Crippen LogP) is 5.49. The summed E-state index contributed by atoms with van der Waals surface area (Å²) in [5.41, 5.74) is 6.08. The molecule has 0 spiro atoms. The van der Waals surface area contributed by atoms with Crippen molar-refractivity contribution in [1.82, 2.24) is 4.90 Å². The molecule has 0 aromatic heterocycles. The monoisotopic (exact) mass is 345 g/mol. The zero-order valence-electron chi connectivity index (χ0n) is 15.3. The fraction of sp³-hybridized carbons (Fsp3) is 0.333. The zero-order valence-corrected chi connectivity index (χ0v) is 15.3. The van der Waals surface area contributed by atoms with E-state index in [0.717, 1.165) is 11.1 Å². The highest BCUT2D eigenvalue weighted by molar-refractivity contribution is 5.83. The van der Waals surface area contributed by atoms with Gasteiger partial charge < -0.3 is 5.11 Å². The first-order chi connectivity index (χ1) is 12.7. The average Bonchev–Trinajstić information content (AvgIpc) is 2.62. The number of benzene rings is 2. The maximum atomic E-state index is 9.55. The molecule has 26 heavy (non-hydrogen) atoms. The highest BCUT2D eigenvalue weighted by Gasteiger charge is 2.28. The third-order valence-electron chi connectivity index (χ3n) is 5.80. The molecular formula is C24H27NO. The number of aromatic hydroxyl groups is 1. The van der Waals surface area contributed by atoms with Gasteiger partial charge in [-0.2, -0.15) is 0 Å². The van der Waals surface area contributed by atoms with Crippen LogP contribution in [0, 0.1) is 0 Å². The number of hydrogen-bond acceptors (Lipinski definition) is 2. The summed E-state index contributed by atoms with van der Waals surface area (Å²) in [6.07, 6.45) is 8.92. The summed E-state index contributed by atoms with van der Waals surface area (Å²) in [5.74, 6) is 0.288. The molecule has 1 N–H and O–H groups in total. The summed E-state index contributed by atoms with van der Waals surface area (Å²) >= 11 is 0. The second-order valence-electron chi connectivity index (χ2n) is 7.48. The SMILES string of the molecule is C=C(c1ccc(O)cc1)c1ccccc1C=C1CCCCC1N1CCC1. The lowest BCUT2D eigenvalue weighted by molar-refractivity contribution is 0.121. The van der Waals surface area contributed by atoms with Crippen LogP contribution in [0.1, 0.15) is 48.8 Å². The van der Waals surface area contributed by atoms with E-state index in [1.54, 1.807) is 17.7 Å². The van der Waals surface area contributed by atoms with Crippen molar-refractivity contribution >= 4 is 11.6 Å². The van der Waals surface area contributed by atoms with Gasteiger partial charge in [-0.15, -0.1) is 0 Å². The molecule has 2 aliphatic rings. The maximum absolute atomic E-state index is 9.55. The van der Waals surface area contributed by atoms with E-state index in [-0.39, 0.29) is 5.75 Å². The molecule has 2 aromatic carbocycles. The van der Waals surface area contributed by atoms with Crippen LogP contribution in [0.3, 0.4) is 0 Å². The summed E-state index contributed by atoms with van der Waals surface area (Å²) < 4.78 is 0. The Bertz CT molecular complexity index is 814. The topological polar surface area (TPSA) is 23.5 Å². The summed E-state index contributed by atoms with van der Waals surface area (Å²) in [4.78, 5) is 2.64. The van der Waals surface area contributed by atoms with E-state index in [1.807, 2.05) is 12.1 Å². The minimum absolute atomic E-state index is 0.288. The van der Waals surface area contributed by atoms with Gasteiger partial charge in [0.2, 0.25) is 0 Å². The van der Waals surface area contributed by atoms with Gasteiger partial charge in [-0.25, -0.2) is 0 Å². The van der Waals surface area contributed by atoms with Crippen molar-refractivity contribution < 1.29 is 5.11 Å². The van der Waals surface area contributed by atoms with E-state index in [9.17, 15) is 5.11 Å². The molecule has 1 saturated heterocycles. The average molecular weight is 345 g/mol. The van der Waals surface area contributed by atoms with Gasteiger partial charge >= 0.3 is 0 Å². The Labute approximate surface area is 156 Å². The van der Waals surface area contributed by atoms with E-state index in [2.05, 4.69) is 41.8 Å². The van der Waals surface area contributed by atoms with Crippen molar-refractivity contribution in [2.24, 2.45) is 0 Å². The predicted molar refractivity (Wildman–Crippen MR) is 109 cm³/mol. The Morgan fingerprint density at radius 1 is 1.00 bits per heavy atom. The molecule has 1 atom stereocenters. The van der Waals surface area contributed by atoms with Crippen LogP contribution < -0.4 is 0 Å². The second-order valence-corrected chi connectivity index (χ2v) is 7.48. The maximum Gasteiger partial charge on any atom is 0.115 e. The van der Waals surface area contributed by atoms with E-state index in [4.69, 9.17) is 0 Å². The zero-order chi connectivity index (χ0) is 17.9. The number of likely N-dealkylation sites (tertiary alicyclic amines) is 1.